The maximum atomic E-state index is 5.17. The zero-order valence-electron chi connectivity index (χ0n) is 19.5. The molecule has 1 aromatic rings. The average Bonchev–Trinajstić information content (AvgIpc) is 3.11. The number of piperidine rings is 1. The predicted octanol–water partition coefficient (Wildman–Crippen LogP) is 2.05. The molecule has 1 saturated heterocycles. The Morgan fingerprint density at radius 1 is 1.27 bits per heavy atom. The number of nitrogens with zero attached hydrogens (tertiary/aromatic N) is 5. The van der Waals surface area contributed by atoms with Crippen LogP contribution in [0, 0.1) is 11.8 Å². The van der Waals surface area contributed by atoms with E-state index in [1.165, 1.54) is 25.9 Å². The number of hydrogen-bond acceptors (Lipinski definition) is 5. The number of fused-ring (bicyclic) bond motifs is 1. The summed E-state index contributed by atoms with van der Waals surface area (Å²) in [5.74, 6) is 4.19. The molecule has 2 N–H and O–H groups in total. The first-order valence-corrected chi connectivity index (χ1v) is 11.7. The second-order valence-electron chi connectivity index (χ2n) is 9.19. The van der Waals surface area contributed by atoms with Crippen molar-refractivity contribution in [2.24, 2.45) is 16.8 Å². The SMILES string of the molecule is CCNC(=NCC(C(C)C)N1CCC(C)CC1)NC1CCc2nc(COC)nn2C1. The predicted molar refractivity (Wildman–Crippen MR) is 121 cm³/mol. The van der Waals surface area contributed by atoms with Crippen LogP contribution in [-0.4, -0.2) is 71.0 Å². The van der Waals surface area contributed by atoms with Crippen molar-refractivity contribution in [3.8, 4) is 0 Å². The van der Waals surface area contributed by atoms with E-state index in [9.17, 15) is 0 Å². The molecule has 0 amide bonds. The van der Waals surface area contributed by atoms with Gasteiger partial charge in [-0.1, -0.05) is 20.8 Å². The van der Waals surface area contributed by atoms with E-state index in [4.69, 9.17) is 9.73 Å². The third-order valence-corrected chi connectivity index (χ3v) is 6.35. The lowest BCUT2D eigenvalue weighted by atomic mass is 9.94. The number of rotatable bonds is 8. The fraction of sp³-hybridized carbons (Fsp3) is 0.864. The van der Waals surface area contributed by atoms with Crippen molar-refractivity contribution in [2.75, 3.05) is 33.3 Å². The van der Waals surface area contributed by atoms with Gasteiger partial charge in [-0.2, -0.15) is 5.10 Å². The topological polar surface area (TPSA) is 79.6 Å². The summed E-state index contributed by atoms with van der Waals surface area (Å²) in [7, 11) is 1.68. The Kier molecular flexibility index (Phi) is 8.50. The van der Waals surface area contributed by atoms with E-state index in [1.807, 2.05) is 4.68 Å². The van der Waals surface area contributed by atoms with Gasteiger partial charge in [-0.3, -0.25) is 9.89 Å². The maximum Gasteiger partial charge on any atom is 0.191 e. The minimum atomic E-state index is 0.306. The zero-order chi connectivity index (χ0) is 21.5. The number of ether oxygens (including phenoxy) is 1. The van der Waals surface area contributed by atoms with Crippen molar-refractivity contribution in [1.82, 2.24) is 30.3 Å². The molecule has 3 rings (SSSR count). The number of aromatic nitrogens is 3. The third-order valence-electron chi connectivity index (χ3n) is 6.35. The summed E-state index contributed by atoms with van der Waals surface area (Å²) in [6.07, 6.45) is 4.57. The molecular weight excluding hydrogens is 378 g/mol. The van der Waals surface area contributed by atoms with Crippen LogP contribution in [0.25, 0.3) is 0 Å². The van der Waals surface area contributed by atoms with E-state index in [0.29, 0.717) is 24.6 Å². The van der Waals surface area contributed by atoms with E-state index < -0.39 is 0 Å². The standard InChI is InChI=1S/C22H41N7O/c1-6-23-22(24-13-19(16(2)3)28-11-9-17(4)10-12-28)25-18-7-8-21-26-20(15-30-5)27-29(21)14-18/h16-19H,6-15H2,1-5H3,(H2,23,24,25). The van der Waals surface area contributed by atoms with E-state index >= 15 is 0 Å². The number of aliphatic imine (C=N–C) groups is 1. The van der Waals surface area contributed by atoms with Gasteiger partial charge in [0.05, 0.1) is 13.1 Å². The summed E-state index contributed by atoms with van der Waals surface area (Å²) in [6, 6.07) is 0.804. The summed E-state index contributed by atoms with van der Waals surface area (Å²) < 4.78 is 7.19. The molecule has 8 nitrogen and oxygen atoms in total. The number of methoxy groups -OCH3 is 1. The molecule has 2 atom stereocenters. The molecule has 0 saturated carbocycles. The molecule has 3 heterocycles. The van der Waals surface area contributed by atoms with Crippen LogP contribution in [0.1, 0.15) is 58.6 Å². The van der Waals surface area contributed by atoms with Gasteiger partial charge in [0.25, 0.3) is 0 Å². The van der Waals surface area contributed by atoms with Crippen LogP contribution in [0.2, 0.25) is 0 Å². The Morgan fingerprint density at radius 3 is 2.70 bits per heavy atom. The molecule has 0 spiro atoms. The van der Waals surface area contributed by atoms with Crippen molar-refractivity contribution in [2.45, 2.75) is 78.6 Å². The molecule has 2 unspecified atom stereocenters. The number of aryl methyl sites for hydroxylation is 1. The fourth-order valence-electron chi connectivity index (χ4n) is 4.48. The van der Waals surface area contributed by atoms with Gasteiger partial charge >= 0.3 is 0 Å². The quantitative estimate of drug-likeness (QED) is 0.496. The largest absolute Gasteiger partial charge is 0.377 e. The highest BCUT2D eigenvalue weighted by molar-refractivity contribution is 5.80. The summed E-state index contributed by atoms with van der Waals surface area (Å²) in [6.45, 7) is 14.5. The van der Waals surface area contributed by atoms with E-state index in [1.54, 1.807) is 7.11 Å². The smallest absolute Gasteiger partial charge is 0.191 e. The first kappa shape index (κ1) is 23.0. The molecule has 2 aliphatic rings. The minimum absolute atomic E-state index is 0.306. The van der Waals surface area contributed by atoms with Crippen LogP contribution in [0.3, 0.4) is 0 Å². The molecule has 1 fully saturated rings. The van der Waals surface area contributed by atoms with Crippen LogP contribution in [0.5, 0.6) is 0 Å². The molecule has 30 heavy (non-hydrogen) atoms. The first-order chi connectivity index (χ1) is 14.5. The van der Waals surface area contributed by atoms with Crippen LogP contribution in [0.4, 0.5) is 0 Å². The van der Waals surface area contributed by atoms with E-state index in [-0.39, 0.29) is 0 Å². The summed E-state index contributed by atoms with van der Waals surface area (Å²) >= 11 is 0. The Morgan fingerprint density at radius 2 is 2.03 bits per heavy atom. The Hall–Kier alpha value is -1.67. The van der Waals surface area contributed by atoms with Crippen LogP contribution in [0.15, 0.2) is 4.99 Å². The van der Waals surface area contributed by atoms with Crippen molar-refractivity contribution in [3.63, 3.8) is 0 Å². The monoisotopic (exact) mass is 419 g/mol. The van der Waals surface area contributed by atoms with Crippen LogP contribution in [-0.2, 0) is 24.3 Å². The number of nitrogens with one attached hydrogen (secondary N) is 2. The van der Waals surface area contributed by atoms with Gasteiger partial charge < -0.3 is 15.4 Å². The second kappa shape index (κ2) is 11.1. The zero-order valence-corrected chi connectivity index (χ0v) is 19.5. The Balaban J connectivity index is 1.60. The lowest BCUT2D eigenvalue weighted by molar-refractivity contribution is 0.113. The molecule has 2 aliphatic heterocycles. The van der Waals surface area contributed by atoms with Gasteiger partial charge in [0.15, 0.2) is 11.8 Å². The maximum absolute atomic E-state index is 5.17. The Labute approximate surface area is 181 Å². The highest BCUT2D eigenvalue weighted by atomic mass is 16.5. The highest BCUT2D eigenvalue weighted by Crippen LogP contribution is 2.21. The fourth-order valence-corrected chi connectivity index (χ4v) is 4.48. The second-order valence-corrected chi connectivity index (χ2v) is 9.19. The molecule has 8 heteroatoms. The summed E-state index contributed by atoms with van der Waals surface area (Å²) in [5, 5.41) is 11.7. The third kappa shape index (κ3) is 6.17. The molecule has 170 valence electrons. The molecule has 0 aliphatic carbocycles. The van der Waals surface area contributed by atoms with Gasteiger partial charge in [-0.05, 0) is 51.1 Å². The van der Waals surface area contributed by atoms with Gasteiger partial charge in [0.1, 0.15) is 12.4 Å². The normalized spacial score (nSPS) is 22.2. The van der Waals surface area contributed by atoms with Gasteiger partial charge in [0.2, 0.25) is 0 Å². The average molecular weight is 420 g/mol. The summed E-state index contributed by atoms with van der Waals surface area (Å²) in [5.41, 5.74) is 0. The van der Waals surface area contributed by atoms with Crippen molar-refractivity contribution >= 4 is 5.96 Å². The first-order valence-electron chi connectivity index (χ1n) is 11.7. The van der Waals surface area contributed by atoms with Gasteiger partial charge in [-0.15, -0.1) is 0 Å². The molecule has 0 aromatic carbocycles. The lowest BCUT2D eigenvalue weighted by Gasteiger charge is -2.38. The highest BCUT2D eigenvalue weighted by Gasteiger charge is 2.26. The molecule has 1 aromatic heterocycles. The van der Waals surface area contributed by atoms with Crippen molar-refractivity contribution in [1.29, 1.82) is 0 Å². The Bertz CT molecular complexity index is 679. The molecular formula is C22H41N7O. The van der Waals surface area contributed by atoms with Crippen LogP contribution < -0.4 is 10.6 Å². The van der Waals surface area contributed by atoms with Crippen LogP contribution >= 0.6 is 0 Å². The number of guanidine groups is 1. The van der Waals surface area contributed by atoms with E-state index in [0.717, 1.165) is 56.0 Å². The molecule has 0 radical (unpaired) electrons. The van der Waals surface area contributed by atoms with Crippen molar-refractivity contribution < 1.29 is 4.74 Å². The van der Waals surface area contributed by atoms with Crippen molar-refractivity contribution in [3.05, 3.63) is 11.6 Å². The van der Waals surface area contributed by atoms with Gasteiger partial charge in [0, 0.05) is 32.2 Å². The van der Waals surface area contributed by atoms with Gasteiger partial charge in [-0.25, -0.2) is 9.67 Å². The number of hydrogen-bond donors (Lipinski definition) is 2. The lowest BCUT2D eigenvalue weighted by Crippen LogP contribution is -2.49. The van der Waals surface area contributed by atoms with E-state index in [2.05, 4.69) is 53.3 Å². The summed E-state index contributed by atoms with van der Waals surface area (Å²) in [4.78, 5) is 12.2. The minimum Gasteiger partial charge on any atom is -0.377 e. The number of likely N-dealkylation sites (tertiary alicyclic amines) is 1. The molecule has 0 bridgehead atoms.